The van der Waals surface area contributed by atoms with E-state index < -0.39 is 6.03 Å². The van der Waals surface area contributed by atoms with Gasteiger partial charge in [0.05, 0.1) is 23.9 Å². The van der Waals surface area contributed by atoms with Gasteiger partial charge in [-0.2, -0.15) is 15.3 Å². The first-order valence-electron chi connectivity index (χ1n) is 6.57. The number of carbonyl (C=O) groups excluding carboxylic acids is 1. The van der Waals surface area contributed by atoms with E-state index in [1.54, 1.807) is 25.3 Å². The molecule has 0 atom stereocenters. The summed E-state index contributed by atoms with van der Waals surface area (Å²) < 4.78 is 4.87. The standard InChI is InChI=1S/C8H10N4S.C6H7N3O2.Mn/c1-6(11-12-8(9)13)7-4-2-3-5-10-7;7-6(10)9-8-4-5-2-1-3-11-5;/h2-5H,1H3,(H3,9,12,13);1-4H,(H3,7,9,10);/p-1/b11-6+;8-4+;. The third-order valence-electron chi connectivity index (χ3n) is 2.24. The Bertz CT molecular complexity index is 714. The van der Waals surface area contributed by atoms with E-state index in [2.05, 4.69) is 32.9 Å². The van der Waals surface area contributed by atoms with E-state index in [9.17, 15) is 4.79 Å². The molecule has 2 rings (SSSR count). The van der Waals surface area contributed by atoms with Crippen molar-refractivity contribution in [2.24, 2.45) is 26.8 Å². The maximum atomic E-state index is 10.1. The van der Waals surface area contributed by atoms with Crippen LogP contribution in [0.5, 0.6) is 0 Å². The Balaban J connectivity index is 0.000000449. The number of aromatic nitrogens is 1. The molecular formula is C14H16MnN7O2S-. The molecule has 5 N–H and O–H groups in total. The molecule has 0 aliphatic carbocycles. The van der Waals surface area contributed by atoms with Crippen LogP contribution in [-0.2, 0) is 29.7 Å². The number of nitrogens with two attached hydrogens (primary N) is 2. The van der Waals surface area contributed by atoms with Gasteiger partial charge in [0.25, 0.3) is 0 Å². The number of rotatable bonds is 4. The van der Waals surface area contributed by atoms with Crippen LogP contribution in [0, 0.1) is 0 Å². The van der Waals surface area contributed by atoms with Crippen LogP contribution in [0.25, 0.3) is 0 Å². The van der Waals surface area contributed by atoms with Gasteiger partial charge in [-0.1, -0.05) is 6.07 Å². The first kappa shape index (κ1) is 22.2. The molecule has 0 aromatic carbocycles. The molecule has 133 valence electrons. The number of hydrogen-bond acceptors (Lipinski definition) is 7. The second-order valence-electron chi connectivity index (χ2n) is 4.09. The summed E-state index contributed by atoms with van der Waals surface area (Å²) in [6, 6.07) is 8.27. The molecule has 0 saturated heterocycles. The number of hydrazone groups is 1. The summed E-state index contributed by atoms with van der Waals surface area (Å²) in [6.45, 7) is 1.80. The van der Waals surface area contributed by atoms with Gasteiger partial charge in [-0.15, -0.1) is 0 Å². The molecule has 0 saturated carbocycles. The first-order chi connectivity index (χ1) is 11.5. The van der Waals surface area contributed by atoms with Crippen molar-refractivity contribution >= 4 is 35.8 Å². The van der Waals surface area contributed by atoms with E-state index in [0.29, 0.717) is 11.5 Å². The molecule has 0 fully saturated rings. The van der Waals surface area contributed by atoms with Gasteiger partial charge in [0.1, 0.15) is 5.76 Å². The number of amides is 2. The van der Waals surface area contributed by atoms with E-state index in [1.807, 2.05) is 23.6 Å². The molecule has 2 aromatic heterocycles. The molecule has 0 unspecified atom stereocenters. The molecule has 2 heterocycles. The Kier molecular flexibility index (Phi) is 11.3. The van der Waals surface area contributed by atoms with E-state index in [-0.39, 0.29) is 22.2 Å². The van der Waals surface area contributed by atoms with Crippen molar-refractivity contribution < 1.29 is 26.3 Å². The third-order valence-corrected chi connectivity index (χ3v) is 2.33. The number of carbonyl (C=O) groups is 1. The second kappa shape index (κ2) is 12.6. The average molecular weight is 401 g/mol. The van der Waals surface area contributed by atoms with Gasteiger partial charge in [-0.3, -0.25) is 4.98 Å². The van der Waals surface area contributed by atoms with Crippen LogP contribution in [0.15, 0.2) is 62.5 Å². The minimum Gasteiger partial charge on any atom is -0.741 e. The predicted octanol–water partition coefficient (Wildman–Crippen LogP) is 0.947. The summed E-state index contributed by atoms with van der Waals surface area (Å²) in [5.74, 6) is 0.554. The maximum absolute atomic E-state index is 10.1. The number of pyridine rings is 1. The van der Waals surface area contributed by atoms with Crippen LogP contribution in [0.4, 0.5) is 4.79 Å². The van der Waals surface area contributed by atoms with Crippen molar-refractivity contribution in [3.8, 4) is 0 Å². The van der Waals surface area contributed by atoms with Crippen molar-refractivity contribution in [1.29, 1.82) is 0 Å². The predicted molar refractivity (Wildman–Crippen MR) is 94.5 cm³/mol. The summed E-state index contributed by atoms with van der Waals surface area (Å²) in [5, 5.41) is 10.9. The zero-order valence-electron chi connectivity index (χ0n) is 13.2. The smallest absolute Gasteiger partial charge is 0.332 e. The summed E-state index contributed by atoms with van der Waals surface area (Å²) in [4.78, 5) is 14.2. The van der Waals surface area contributed by atoms with Crippen molar-refractivity contribution in [3.05, 3.63) is 54.2 Å². The Labute approximate surface area is 160 Å². The Hall–Kier alpha value is -2.75. The molecule has 0 aliphatic heterocycles. The summed E-state index contributed by atoms with van der Waals surface area (Å²) in [7, 11) is 0. The molecule has 0 bridgehead atoms. The minimum atomic E-state index is -0.701. The largest absolute Gasteiger partial charge is 0.741 e. The fourth-order valence-corrected chi connectivity index (χ4v) is 1.32. The maximum Gasteiger partial charge on any atom is 0.332 e. The molecule has 9 nitrogen and oxygen atoms in total. The van der Waals surface area contributed by atoms with E-state index in [4.69, 9.17) is 15.9 Å². The van der Waals surface area contributed by atoms with Crippen LogP contribution >= 0.6 is 0 Å². The van der Waals surface area contributed by atoms with Gasteiger partial charge >= 0.3 is 6.03 Å². The van der Waals surface area contributed by atoms with Crippen molar-refractivity contribution in [2.75, 3.05) is 0 Å². The molecule has 25 heavy (non-hydrogen) atoms. The van der Waals surface area contributed by atoms with Crippen molar-refractivity contribution in [1.82, 2.24) is 10.4 Å². The van der Waals surface area contributed by atoms with Gasteiger partial charge in [-0.25, -0.2) is 10.2 Å². The normalized spacial score (nSPS) is 11.2. The molecular weight excluding hydrogens is 385 g/mol. The van der Waals surface area contributed by atoms with Gasteiger partial charge in [0.15, 0.2) is 0 Å². The number of urea groups is 1. The van der Waals surface area contributed by atoms with Crippen LogP contribution in [0.1, 0.15) is 18.4 Å². The topological polar surface area (TPSA) is 144 Å². The molecule has 2 aromatic rings. The molecule has 11 heteroatoms. The van der Waals surface area contributed by atoms with Crippen LogP contribution in [-0.4, -0.2) is 28.1 Å². The molecule has 0 aliphatic rings. The van der Waals surface area contributed by atoms with Crippen molar-refractivity contribution in [3.63, 3.8) is 0 Å². The second-order valence-corrected chi connectivity index (χ2v) is 4.51. The number of primary amides is 1. The summed E-state index contributed by atoms with van der Waals surface area (Å²) in [6.07, 6.45) is 4.55. The number of nitrogens with one attached hydrogen (secondary N) is 1. The van der Waals surface area contributed by atoms with Gasteiger partial charge in [0, 0.05) is 23.3 Å². The van der Waals surface area contributed by atoms with Gasteiger partial charge < -0.3 is 28.5 Å². The van der Waals surface area contributed by atoms with Crippen LogP contribution < -0.4 is 16.9 Å². The minimum absolute atomic E-state index is 0. The quantitative estimate of drug-likeness (QED) is 0.230. The van der Waals surface area contributed by atoms with Crippen molar-refractivity contribution in [2.45, 2.75) is 6.92 Å². The number of hydrogen-bond donors (Lipinski definition) is 3. The number of amidine groups is 1. The summed E-state index contributed by atoms with van der Waals surface area (Å²) in [5.41, 5.74) is 13.4. The van der Waals surface area contributed by atoms with E-state index in [0.717, 1.165) is 5.69 Å². The Morgan fingerprint density at radius 3 is 2.56 bits per heavy atom. The summed E-state index contributed by atoms with van der Waals surface area (Å²) >= 11 is 4.55. The van der Waals surface area contributed by atoms with E-state index in [1.165, 1.54) is 12.5 Å². The Morgan fingerprint density at radius 2 is 2.04 bits per heavy atom. The zero-order valence-corrected chi connectivity index (χ0v) is 15.2. The molecule has 0 spiro atoms. The zero-order chi connectivity index (χ0) is 17.8. The molecule has 2 amide bonds. The monoisotopic (exact) mass is 401 g/mol. The van der Waals surface area contributed by atoms with E-state index >= 15 is 0 Å². The third kappa shape index (κ3) is 10.6. The fourth-order valence-electron chi connectivity index (χ4n) is 1.28. The fraction of sp³-hybridized carbons (Fsp3) is 0.0714. The van der Waals surface area contributed by atoms with Crippen LogP contribution in [0.3, 0.4) is 0 Å². The Morgan fingerprint density at radius 1 is 1.28 bits per heavy atom. The van der Waals surface area contributed by atoms with Gasteiger partial charge in [0.2, 0.25) is 0 Å². The SMILES string of the molecule is C/C(=N\N=C(/N)[S-])c1ccccn1.NC(=O)N/N=C/c1ccco1.[Mn]. The first-order valence-corrected chi connectivity index (χ1v) is 6.98. The molecule has 1 radical (unpaired) electrons. The van der Waals surface area contributed by atoms with Crippen LogP contribution in [0.2, 0.25) is 0 Å². The average Bonchev–Trinajstić information content (AvgIpc) is 3.07. The van der Waals surface area contributed by atoms with Gasteiger partial charge in [-0.05, 0) is 36.4 Å². The number of furan rings is 1. The number of nitrogens with zero attached hydrogens (tertiary/aromatic N) is 4.